The van der Waals surface area contributed by atoms with E-state index in [9.17, 15) is 45.6 Å². The minimum atomic E-state index is -1.75. The number of aliphatic hydroxyl groups excluding tert-OH is 7. The molecular formula is C16H25NaO14. The van der Waals surface area contributed by atoms with Crippen molar-refractivity contribution in [3.8, 4) is 0 Å². The summed E-state index contributed by atoms with van der Waals surface area (Å²) in [7, 11) is 0. The van der Waals surface area contributed by atoms with Crippen LogP contribution in [0, 0.1) is 0 Å². The Morgan fingerprint density at radius 1 is 0.806 bits per heavy atom. The van der Waals surface area contributed by atoms with Gasteiger partial charge in [-0.2, -0.15) is 0 Å². The molecule has 0 radical (unpaired) electrons. The molecule has 31 heavy (non-hydrogen) atoms. The molecule has 0 aliphatic carbocycles. The first kappa shape index (κ1) is 27.2. The number of ether oxygens (including phenoxy) is 5. The molecule has 0 saturated carbocycles. The van der Waals surface area contributed by atoms with E-state index < -0.39 is 86.2 Å². The maximum Gasteiger partial charge on any atom is 1.00 e. The average molecular weight is 464 g/mol. The molecule has 3 aliphatic heterocycles. The van der Waals surface area contributed by atoms with E-state index in [2.05, 4.69) is 0 Å². The quantitative estimate of drug-likeness (QED) is 0.188. The molecule has 3 heterocycles. The fourth-order valence-corrected chi connectivity index (χ4v) is 3.36. The van der Waals surface area contributed by atoms with Crippen LogP contribution >= 0.6 is 0 Å². The van der Waals surface area contributed by atoms with Crippen LogP contribution in [0.2, 0.25) is 0 Å². The van der Waals surface area contributed by atoms with Crippen LogP contribution in [-0.2, 0) is 28.5 Å². The average Bonchev–Trinajstić information content (AvgIpc) is 2.70. The van der Waals surface area contributed by atoms with Crippen LogP contribution in [0.1, 0.15) is 6.42 Å². The third-order valence-corrected chi connectivity index (χ3v) is 5.17. The van der Waals surface area contributed by atoms with E-state index in [1.807, 2.05) is 0 Å². The van der Waals surface area contributed by atoms with Crippen molar-refractivity contribution in [1.82, 2.24) is 0 Å². The number of carboxylic acids is 1. The van der Waals surface area contributed by atoms with E-state index in [1.165, 1.54) is 0 Å². The predicted octanol–water partition coefficient (Wildman–Crippen LogP) is -9.50. The Labute approximate surface area is 198 Å². The zero-order valence-corrected chi connectivity index (χ0v) is 18.5. The van der Waals surface area contributed by atoms with E-state index >= 15 is 0 Å². The number of rotatable bonds is 5. The van der Waals surface area contributed by atoms with Crippen molar-refractivity contribution < 1.29 is 98.9 Å². The van der Waals surface area contributed by atoms with Crippen molar-refractivity contribution in [1.29, 1.82) is 0 Å². The Morgan fingerprint density at radius 3 is 2.13 bits per heavy atom. The van der Waals surface area contributed by atoms with Crippen LogP contribution in [0.25, 0.3) is 0 Å². The molecule has 0 amide bonds. The zero-order chi connectivity index (χ0) is 22.2. The van der Waals surface area contributed by atoms with E-state index in [4.69, 9.17) is 23.7 Å². The van der Waals surface area contributed by atoms with Gasteiger partial charge in [-0.15, -0.1) is 0 Å². The first-order valence-corrected chi connectivity index (χ1v) is 9.27. The summed E-state index contributed by atoms with van der Waals surface area (Å²) in [5, 5.41) is 80.5. The molecule has 7 N–H and O–H groups in total. The van der Waals surface area contributed by atoms with Crippen molar-refractivity contribution >= 4 is 5.97 Å². The summed E-state index contributed by atoms with van der Waals surface area (Å²) >= 11 is 0. The molecule has 0 aromatic heterocycles. The Bertz CT molecular complexity index is 597. The predicted molar refractivity (Wildman–Crippen MR) is 85.8 cm³/mol. The molecule has 174 valence electrons. The van der Waals surface area contributed by atoms with Crippen LogP contribution in [0.3, 0.4) is 0 Å². The van der Waals surface area contributed by atoms with Gasteiger partial charge in [0.05, 0.1) is 25.3 Å². The van der Waals surface area contributed by atoms with Gasteiger partial charge in [-0.25, -0.2) is 0 Å². The minimum Gasteiger partial charge on any atom is -0.547 e. The van der Waals surface area contributed by atoms with Crippen LogP contribution in [0.5, 0.6) is 0 Å². The van der Waals surface area contributed by atoms with E-state index in [1.54, 1.807) is 0 Å². The second-order valence-corrected chi connectivity index (χ2v) is 7.35. The van der Waals surface area contributed by atoms with Crippen molar-refractivity contribution in [2.75, 3.05) is 13.2 Å². The summed E-state index contributed by atoms with van der Waals surface area (Å²) in [6.45, 7) is -0.731. The summed E-state index contributed by atoms with van der Waals surface area (Å²) in [4.78, 5) is 11.0. The van der Waals surface area contributed by atoms with Gasteiger partial charge in [0.2, 0.25) is 0 Å². The molecular weight excluding hydrogens is 439 g/mol. The number of carbonyl (C=O) groups excluding carboxylic acids is 1. The topological polar surface area (TPSA) is 228 Å². The molecule has 3 saturated heterocycles. The first-order valence-electron chi connectivity index (χ1n) is 9.27. The Balaban J connectivity index is 0.00000341. The van der Waals surface area contributed by atoms with E-state index in [0.29, 0.717) is 0 Å². The van der Waals surface area contributed by atoms with Gasteiger partial charge in [-0.1, -0.05) is 0 Å². The fraction of sp³-hybridized carbons (Fsp3) is 0.938. The van der Waals surface area contributed by atoms with Crippen molar-refractivity contribution in [2.24, 2.45) is 0 Å². The monoisotopic (exact) mass is 464 g/mol. The van der Waals surface area contributed by atoms with Gasteiger partial charge in [-0.3, -0.25) is 0 Å². The summed E-state index contributed by atoms with van der Waals surface area (Å²) in [6.07, 6.45) is -19.3. The molecule has 0 spiro atoms. The van der Waals surface area contributed by atoms with Gasteiger partial charge in [0, 0.05) is 6.42 Å². The molecule has 3 aliphatic rings. The third kappa shape index (κ3) is 6.11. The van der Waals surface area contributed by atoms with Crippen LogP contribution in [0.4, 0.5) is 0 Å². The molecule has 3 fully saturated rings. The van der Waals surface area contributed by atoms with Gasteiger partial charge < -0.3 is 69.3 Å². The smallest absolute Gasteiger partial charge is 0.547 e. The number of carboxylic acid groups (broad SMARTS) is 1. The summed E-state index contributed by atoms with van der Waals surface area (Å²) in [6, 6.07) is 0. The summed E-state index contributed by atoms with van der Waals surface area (Å²) in [5.74, 6) is -1.65. The van der Waals surface area contributed by atoms with Crippen LogP contribution in [0.15, 0.2) is 0 Å². The van der Waals surface area contributed by atoms with Gasteiger partial charge in [0.25, 0.3) is 0 Å². The number of hydrogen-bond acceptors (Lipinski definition) is 14. The Kier molecular flexibility index (Phi) is 10.0. The number of carbonyl (C=O) groups is 1. The standard InChI is InChI=1S/C16H26O14.Na/c17-4-1-6(13(23)24)28-16(9(4)20)30-12-10(21)7(3-26-14(12)25)29-15-11(22)8(19)5(18)2-27-15;/h4-12,14-22,25H,1-3H2,(H,23,24);/q;+1/p-1/t4-,5+,6+,7+,8-,9+,10-,11+,12+,14+,15-,16+;/m0./s1. The van der Waals surface area contributed by atoms with Gasteiger partial charge >= 0.3 is 29.6 Å². The molecule has 12 atom stereocenters. The Hall–Kier alpha value is -0.0100. The molecule has 0 unspecified atom stereocenters. The van der Waals surface area contributed by atoms with Gasteiger partial charge in [-0.05, 0) is 0 Å². The Morgan fingerprint density at radius 2 is 1.48 bits per heavy atom. The number of hydrogen-bond donors (Lipinski definition) is 7. The number of aliphatic hydroxyl groups is 7. The molecule has 15 heteroatoms. The molecule has 0 aromatic rings. The molecule has 0 aromatic carbocycles. The zero-order valence-electron chi connectivity index (χ0n) is 16.5. The fourth-order valence-electron chi connectivity index (χ4n) is 3.36. The largest absolute Gasteiger partial charge is 1.00 e. The van der Waals surface area contributed by atoms with E-state index in [0.717, 1.165) is 0 Å². The van der Waals surface area contributed by atoms with Crippen LogP contribution < -0.4 is 34.7 Å². The van der Waals surface area contributed by atoms with Gasteiger partial charge in [0.1, 0.15) is 48.8 Å². The van der Waals surface area contributed by atoms with Crippen molar-refractivity contribution in [2.45, 2.75) is 80.2 Å². The third-order valence-electron chi connectivity index (χ3n) is 5.17. The molecule has 3 rings (SSSR count). The second kappa shape index (κ2) is 11.4. The van der Waals surface area contributed by atoms with Crippen LogP contribution in [-0.4, -0.2) is 129 Å². The maximum atomic E-state index is 11.0. The molecule has 14 nitrogen and oxygen atoms in total. The number of aliphatic carboxylic acids is 1. The minimum absolute atomic E-state index is 0. The van der Waals surface area contributed by atoms with E-state index in [-0.39, 0.29) is 42.8 Å². The SMILES string of the molecule is O=C([O-])[C@H]1C[C@H](O)[C@@H](O)[C@@H](O[C@@H]2[C@@H](O)[C@H](O[C@@H]3OC[C@@H](O)[C@H](O)[C@H]3O)CO[C@H]2O)O1.[Na+]. The van der Waals surface area contributed by atoms with Crippen molar-refractivity contribution in [3.05, 3.63) is 0 Å². The summed E-state index contributed by atoms with van der Waals surface area (Å²) in [5.41, 5.74) is 0. The first-order chi connectivity index (χ1) is 14.1. The maximum absolute atomic E-state index is 11.0. The van der Waals surface area contributed by atoms with Crippen molar-refractivity contribution in [3.63, 3.8) is 0 Å². The summed E-state index contributed by atoms with van der Waals surface area (Å²) < 4.78 is 25.8. The molecule has 0 bridgehead atoms. The van der Waals surface area contributed by atoms with Gasteiger partial charge in [0.15, 0.2) is 18.9 Å². The normalized spacial score (nSPS) is 48.6. The second-order valence-electron chi connectivity index (χ2n) is 7.35.